The van der Waals surface area contributed by atoms with Crippen molar-refractivity contribution in [1.82, 2.24) is 15.1 Å². The zero-order chi connectivity index (χ0) is 14.6. The van der Waals surface area contributed by atoms with Crippen LogP contribution < -0.4 is 11.1 Å². The van der Waals surface area contributed by atoms with E-state index in [1.165, 1.54) is 0 Å². The minimum atomic E-state index is -0.115. The number of aromatic nitrogens is 2. The Morgan fingerprint density at radius 2 is 2.10 bits per heavy atom. The normalized spacial score (nSPS) is 12.7. The van der Waals surface area contributed by atoms with E-state index in [4.69, 9.17) is 5.73 Å². The summed E-state index contributed by atoms with van der Waals surface area (Å²) in [4.78, 5) is 12.1. The van der Waals surface area contributed by atoms with Crippen molar-refractivity contribution in [3.63, 3.8) is 0 Å². The van der Waals surface area contributed by atoms with Crippen LogP contribution in [0.1, 0.15) is 57.1 Å². The van der Waals surface area contributed by atoms with Crippen molar-refractivity contribution in [3.8, 4) is 0 Å². The van der Waals surface area contributed by atoms with Gasteiger partial charge in [-0.05, 0) is 40.5 Å². The first-order chi connectivity index (χ1) is 8.77. The maximum absolute atomic E-state index is 12.1. The lowest BCUT2D eigenvalue weighted by atomic mass is 10.1. The molecule has 116 valence electrons. The Morgan fingerprint density at radius 1 is 1.50 bits per heavy atom. The van der Waals surface area contributed by atoms with E-state index < -0.39 is 0 Å². The summed E-state index contributed by atoms with van der Waals surface area (Å²) >= 11 is 0. The van der Waals surface area contributed by atoms with Gasteiger partial charge in [-0.25, -0.2) is 0 Å². The van der Waals surface area contributed by atoms with Crippen molar-refractivity contribution in [1.29, 1.82) is 0 Å². The summed E-state index contributed by atoms with van der Waals surface area (Å²) in [5, 5.41) is 7.25. The fourth-order valence-corrected chi connectivity index (χ4v) is 1.99. The van der Waals surface area contributed by atoms with Gasteiger partial charge in [-0.2, -0.15) is 5.10 Å². The number of amides is 1. The van der Waals surface area contributed by atoms with Gasteiger partial charge in [0, 0.05) is 12.6 Å². The number of carbonyl (C=O) groups is 1. The minimum Gasteiger partial charge on any atom is -0.352 e. The second-order valence-electron chi connectivity index (χ2n) is 5.96. The van der Waals surface area contributed by atoms with Gasteiger partial charge in [-0.3, -0.25) is 9.48 Å². The number of nitrogens with one attached hydrogen (secondary N) is 1. The molecule has 0 spiro atoms. The second kappa shape index (κ2) is 7.64. The summed E-state index contributed by atoms with van der Waals surface area (Å²) in [6, 6.07) is 0.100. The Balaban J connectivity index is 0.00000361. The van der Waals surface area contributed by atoms with Gasteiger partial charge in [0.15, 0.2) is 0 Å². The summed E-state index contributed by atoms with van der Waals surface area (Å²) in [6.45, 7) is 10.8. The zero-order valence-corrected chi connectivity index (χ0v) is 13.9. The van der Waals surface area contributed by atoms with Crippen molar-refractivity contribution in [3.05, 3.63) is 17.5 Å². The van der Waals surface area contributed by atoms with Crippen molar-refractivity contribution in [2.24, 2.45) is 5.73 Å². The first-order valence-electron chi connectivity index (χ1n) is 6.88. The number of nitrogens with two attached hydrogens (primary N) is 1. The lowest BCUT2D eigenvalue weighted by Gasteiger charge is -2.22. The van der Waals surface area contributed by atoms with Gasteiger partial charge in [-0.15, -0.1) is 12.4 Å². The topological polar surface area (TPSA) is 72.9 Å². The molecule has 0 saturated heterocycles. The van der Waals surface area contributed by atoms with E-state index in [1.807, 2.05) is 18.5 Å². The van der Waals surface area contributed by atoms with E-state index in [2.05, 4.69) is 31.2 Å². The highest BCUT2D eigenvalue weighted by molar-refractivity contribution is 5.95. The fraction of sp³-hybridized carbons (Fsp3) is 0.714. The summed E-state index contributed by atoms with van der Waals surface area (Å²) in [5.74, 6) is -0.0620. The molecule has 5 nitrogen and oxygen atoms in total. The lowest BCUT2D eigenvalue weighted by molar-refractivity contribution is 0.0951. The van der Waals surface area contributed by atoms with Crippen LogP contribution in [-0.2, 0) is 12.0 Å². The van der Waals surface area contributed by atoms with Gasteiger partial charge in [-0.1, -0.05) is 6.92 Å². The molecule has 0 radical (unpaired) electrons. The van der Waals surface area contributed by atoms with Gasteiger partial charge in [0.1, 0.15) is 0 Å². The van der Waals surface area contributed by atoms with Crippen molar-refractivity contribution >= 4 is 18.3 Å². The van der Waals surface area contributed by atoms with Crippen LogP contribution >= 0.6 is 12.4 Å². The van der Waals surface area contributed by atoms with E-state index in [1.54, 1.807) is 6.20 Å². The molecule has 0 aliphatic carbocycles. The van der Waals surface area contributed by atoms with Crippen molar-refractivity contribution < 1.29 is 4.79 Å². The largest absolute Gasteiger partial charge is 0.352 e. The monoisotopic (exact) mass is 302 g/mol. The average Bonchev–Trinajstić information content (AvgIpc) is 2.71. The Bertz CT molecular complexity index is 435. The van der Waals surface area contributed by atoms with E-state index in [9.17, 15) is 4.79 Å². The molecular weight excluding hydrogens is 276 g/mol. The Labute approximate surface area is 127 Å². The Kier molecular flexibility index (Phi) is 7.23. The highest BCUT2D eigenvalue weighted by Gasteiger charge is 2.22. The molecule has 20 heavy (non-hydrogen) atoms. The van der Waals surface area contributed by atoms with E-state index in [0.29, 0.717) is 12.1 Å². The molecular formula is C14H27ClN4O. The van der Waals surface area contributed by atoms with Crippen LogP contribution in [0.4, 0.5) is 0 Å². The first-order valence-corrected chi connectivity index (χ1v) is 6.88. The molecule has 1 rings (SSSR count). The summed E-state index contributed by atoms with van der Waals surface area (Å²) in [6.07, 6.45) is 3.22. The van der Waals surface area contributed by atoms with Crippen molar-refractivity contribution in [2.45, 2.75) is 59.0 Å². The third kappa shape index (κ3) is 4.80. The number of hydrogen-bond donors (Lipinski definition) is 2. The second-order valence-corrected chi connectivity index (χ2v) is 5.96. The highest BCUT2D eigenvalue weighted by atomic mass is 35.5. The van der Waals surface area contributed by atoms with Gasteiger partial charge >= 0.3 is 0 Å². The van der Waals surface area contributed by atoms with Gasteiger partial charge in [0.25, 0.3) is 5.91 Å². The Hall–Kier alpha value is -1.07. The number of hydrogen-bond acceptors (Lipinski definition) is 3. The maximum atomic E-state index is 12.1. The molecule has 0 aliphatic rings. The van der Waals surface area contributed by atoms with Crippen LogP contribution in [0.3, 0.4) is 0 Å². The van der Waals surface area contributed by atoms with Gasteiger partial charge < -0.3 is 11.1 Å². The first kappa shape index (κ1) is 18.9. The van der Waals surface area contributed by atoms with E-state index >= 15 is 0 Å². The summed E-state index contributed by atoms with van der Waals surface area (Å²) in [7, 11) is 0. The molecule has 3 N–H and O–H groups in total. The third-order valence-electron chi connectivity index (χ3n) is 2.97. The van der Waals surface area contributed by atoms with Crippen molar-refractivity contribution in [2.75, 3.05) is 6.54 Å². The quantitative estimate of drug-likeness (QED) is 0.875. The molecule has 1 amide bonds. The molecule has 0 aliphatic heterocycles. The van der Waals surface area contributed by atoms with Crippen LogP contribution in [0.5, 0.6) is 0 Å². The molecule has 0 bridgehead atoms. The molecule has 1 atom stereocenters. The third-order valence-corrected chi connectivity index (χ3v) is 2.97. The molecule has 0 saturated carbocycles. The van der Waals surface area contributed by atoms with Crippen LogP contribution in [-0.4, -0.2) is 28.3 Å². The molecule has 6 heteroatoms. The zero-order valence-electron chi connectivity index (χ0n) is 13.1. The fourth-order valence-electron chi connectivity index (χ4n) is 1.99. The smallest absolute Gasteiger partial charge is 0.254 e. The van der Waals surface area contributed by atoms with E-state index in [-0.39, 0.29) is 29.9 Å². The SMILES string of the molecule is CCc1c(C(=O)NCCC(C)N)cnn1C(C)(C)C.Cl. The van der Waals surface area contributed by atoms with Crippen LogP contribution in [0.25, 0.3) is 0 Å². The molecule has 1 heterocycles. The average molecular weight is 303 g/mol. The maximum Gasteiger partial charge on any atom is 0.254 e. The number of halogens is 1. The van der Waals surface area contributed by atoms with Crippen LogP contribution in [0, 0.1) is 0 Å². The minimum absolute atomic E-state index is 0. The molecule has 1 unspecified atom stereocenters. The Morgan fingerprint density at radius 3 is 2.55 bits per heavy atom. The standard InChI is InChI=1S/C14H26N4O.ClH/c1-6-12-11(9-17-18(12)14(3,4)5)13(19)16-8-7-10(2)15;/h9-10H,6-8,15H2,1-5H3,(H,16,19);1H. The van der Waals surface area contributed by atoms with Gasteiger partial charge in [0.05, 0.1) is 23.0 Å². The molecule has 0 fully saturated rings. The van der Waals surface area contributed by atoms with Crippen LogP contribution in [0.15, 0.2) is 6.20 Å². The van der Waals surface area contributed by atoms with E-state index in [0.717, 1.165) is 18.5 Å². The van der Waals surface area contributed by atoms with Crippen LogP contribution in [0.2, 0.25) is 0 Å². The molecule has 1 aromatic rings. The highest BCUT2D eigenvalue weighted by Crippen LogP contribution is 2.19. The molecule has 1 aromatic heterocycles. The lowest BCUT2D eigenvalue weighted by Crippen LogP contribution is -2.30. The number of carbonyl (C=O) groups excluding carboxylic acids is 1. The van der Waals surface area contributed by atoms with Gasteiger partial charge in [0.2, 0.25) is 0 Å². The molecule has 0 aromatic carbocycles. The predicted octanol–water partition coefficient (Wildman–Crippen LogP) is 2.09. The number of rotatable bonds is 5. The number of nitrogens with zero attached hydrogens (tertiary/aromatic N) is 2. The summed E-state index contributed by atoms with van der Waals surface area (Å²) < 4.78 is 1.92. The summed E-state index contributed by atoms with van der Waals surface area (Å²) in [5.41, 5.74) is 7.20. The predicted molar refractivity (Wildman–Crippen MR) is 84.4 cm³/mol.